The monoisotopic (exact) mass is 1680 g/mol. The molecule has 21 nitrogen and oxygen atoms in total. The van der Waals surface area contributed by atoms with Crippen molar-refractivity contribution >= 4 is 63.4 Å². The summed E-state index contributed by atoms with van der Waals surface area (Å²) in [6, 6.07) is 9.31. The van der Waals surface area contributed by atoms with E-state index >= 15 is 0 Å². The van der Waals surface area contributed by atoms with Gasteiger partial charge in [0, 0.05) is 167 Å². The van der Waals surface area contributed by atoms with Gasteiger partial charge in [-0.25, -0.2) is 9.78 Å². The molecule has 21 heteroatoms. The number of terminal acetylenes is 5. The van der Waals surface area contributed by atoms with Crippen LogP contribution in [0.15, 0.2) is 89.2 Å². The van der Waals surface area contributed by atoms with Gasteiger partial charge in [0.1, 0.15) is 16.9 Å². The van der Waals surface area contributed by atoms with E-state index in [0.717, 1.165) is 168 Å². The average Bonchev–Trinajstić information content (AvgIpc) is 1.76. The summed E-state index contributed by atoms with van der Waals surface area (Å²) in [7, 11) is 0. The summed E-state index contributed by atoms with van der Waals surface area (Å²) in [6.07, 6.45) is 65.9. The van der Waals surface area contributed by atoms with Crippen molar-refractivity contribution in [2.24, 2.45) is 27.1 Å². The second kappa shape index (κ2) is 34.0. The van der Waals surface area contributed by atoms with Crippen molar-refractivity contribution in [1.82, 2.24) is 49.4 Å². The minimum Gasteiger partial charge on any atom is -0.477 e. The zero-order valence-electron chi connectivity index (χ0n) is 73.4. The zero-order chi connectivity index (χ0) is 88.5. The van der Waals surface area contributed by atoms with E-state index in [2.05, 4.69) is 79.0 Å². The number of nitrogens with zero attached hydrogens (tertiary/aromatic N) is 10. The molecule has 5 aromatic rings. The van der Waals surface area contributed by atoms with Crippen LogP contribution < -0.4 is 0 Å². The van der Waals surface area contributed by atoms with E-state index in [-0.39, 0.29) is 67.1 Å². The van der Waals surface area contributed by atoms with Crippen LogP contribution in [-0.4, -0.2) is 182 Å². The van der Waals surface area contributed by atoms with Crippen molar-refractivity contribution in [3.05, 3.63) is 173 Å². The minimum atomic E-state index is -1.08. The molecule has 5 aromatic heterocycles. The van der Waals surface area contributed by atoms with Gasteiger partial charge in [0.25, 0.3) is 0 Å². The molecule has 5 spiro atoms. The lowest BCUT2D eigenvalue weighted by molar-refractivity contribution is -0.115. The summed E-state index contributed by atoms with van der Waals surface area (Å²) in [5, 5.41) is 49.1. The third-order valence-electron chi connectivity index (χ3n) is 30.4. The van der Waals surface area contributed by atoms with Gasteiger partial charge in [0.2, 0.25) is 0 Å². The van der Waals surface area contributed by atoms with Crippen LogP contribution in [-0.2, 0) is 79.3 Å². The Hall–Kier alpha value is -11.1. The Bertz CT molecular complexity index is 5650. The Morgan fingerprint density at radius 2 is 0.592 bits per heavy atom. The third kappa shape index (κ3) is 17.5. The number of carbonyl (C=O) groups is 6. The fraction of sp³-hybridized carbons (Fsp3) is 0.510. The summed E-state index contributed by atoms with van der Waals surface area (Å²) in [4.78, 5) is 107. The first-order valence-electron chi connectivity index (χ1n) is 45.1. The Labute approximate surface area is 735 Å². The predicted molar refractivity (Wildman–Crippen MR) is 479 cm³/mol. The molecule has 5 saturated carbocycles. The molecule has 10 aliphatic carbocycles. The highest BCUT2D eigenvalue weighted by Gasteiger charge is 2.50. The number of aromatic carboxylic acids is 1. The highest BCUT2D eigenvalue weighted by Crippen LogP contribution is 2.58. The number of likely N-dealkylation sites (tertiary alicyclic amines) is 5. The quantitative estimate of drug-likeness (QED) is 0.0768. The maximum atomic E-state index is 12.6. The maximum Gasteiger partial charge on any atom is 0.354 e. The fourth-order valence-electron chi connectivity index (χ4n) is 21.0. The van der Waals surface area contributed by atoms with Gasteiger partial charge < -0.3 is 50.0 Å². The van der Waals surface area contributed by atoms with Gasteiger partial charge in [-0.15, -0.1) is 32.1 Å². The highest BCUT2D eigenvalue weighted by atomic mass is 16.4. The summed E-state index contributed by atoms with van der Waals surface area (Å²) < 4.78 is 0. The standard InChI is InChI=1S/2C22H26N2O2.C21H24N2O2.C20H22N2O2.C19H18N2O3/c1-4-16-18(26)11-15-13-23-19(21(2,3)14-25)12-17(15)20(16)24-9-7-22(5-6-22)8-10-24;1-4-16-18(25)12-15-14-23-19(21(2,3)26)13-17(15)20(16)24-10-8-22(9-11-24)6-5-7-22;1-4-15-17(24)11-14-13-22-18(20(2,3)25)12-16(14)19(15)23-9-7-21(5-6-21)8-10-23;1-2-16-18(24)10-14-12-21-15(13-23)11-17(14)19(16)22-8-6-20(7-9-22)4-3-5-20;1-2-13-16(22)9-12-11-20-15(18(23)24)10-14(12)17(13)21-7-5-19(3-4-19)6-8-21/h1,12-13,25H,5-11,14H2,2-3H3;1,13-14,26H,5-12H2,2-3H3;1,12-13,25H,5-11H2,2-3H3;1,11-12,23H,3-10,13H2;1,10-11H,3-9H2,(H,23,24). The van der Waals surface area contributed by atoms with Crippen LogP contribution in [0.4, 0.5) is 0 Å². The Morgan fingerprint density at radius 3 is 0.824 bits per heavy atom. The molecule has 15 aliphatic rings. The van der Waals surface area contributed by atoms with E-state index in [1.165, 1.54) is 135 Å². The molecule has 5 aliphatic heterocycles. The second-order valence-corrected chi connectivity index (χ2v) is 39.8. The van der Waals surface area contributed by atoms with Gasteiger partial charge in [-0.2, -0.15) is 0 Å². The van der Waals surface area contributed by atoms with Crippen LogP contribution in [0.25, 0.3) is 28.5 Å². The van der Waals surface area contributed by atoms with Gasteiger partial charge in [-0.3, -0.25) is 43.9 Å². The van der Waals surface area contributed by atoms with Gasteiger partial charge in [-0.1, -0.05) is 56.3 Å². The molecule has 5 saturated heterocycles. The van der Waals surface area contributed by atoms with Crippen molar-refractivity contribution in [3.8, 4) is 61.7 Å². The van der Waals surface area contributed by atoms with E-state index < -0.39 is 22.6 Å². The van der Waals surface area contributed by atoms with Crippen molar-refractivity contribution in [2.75, 3.05) is 72.1 Å². The predicted octanol–water partition coefficient (Wildman–Crippen LogP) is 12.8. The SMILES string of the molecule is C#CC1=C(N2CCC3(CC2)CC3)c2cc(C(=O)O)ncc2CC1=O.C#CC1=C(N2CCC3(CC2)CC3)c2cc(C(C)(C)CO)ncc2CC1=O.C#CC1=C(N2CCC3(CC2)CC3)c2cc(C(C)(C)O)ncc2CC1=O.C#CC1=C(N2CCC3(CCC3)CC2)c2cc(C(C)(C)O)ncc2CC1=O.C#CC1=C(N2CCC3(CCC3)CC2)c2cc(CO)ncc2CC1=O. The summed E-state index contributed by atoms with van der Waals surface area (Å²) in [6.45, 7) is 20.0. The third-order valence-corrected chi connectivity index (χ3v) is 30.4. The van der Waals surface area contributed by atoms with E-state index in [4.69, 9.17) is 32.1 Å². The Kier molecular flexibility index (Phi) is 23.8. The van der Waals surface area contributed by atoms with Gasteiger partial charge in [0.05, 0.1) is 86.6 Å². The molecule has 0 bridgehead atoms. The maximum absolute atomic E-state index is 12.6. The van der Waals surface area contributed by atoms with E-state index in [1.807, 2.05) is 38.1 Å². The van der Waals surface area contributed by atoms with Crippen LogP contribution in [0.2, 0.25) is 0 Å². The van der Waals surface area contributed by atoms with Crippen LogP contribution in [0.5, 0.6) is 0 Å². The lowest BCUT2D eigenvalue weighted by Crippen LogP contribution is -2.43. The van der Waals surface area contributed by atoms with Crippen LogP contribution in [0.3, 0.4) is 0 Å². The normalized spacial score (nSPS) is 21.9. The molecule has 648 valence electrons. The number of hydrogen-bond donors (Lipinski definition) is 5. The van der Waals surface area contributed by atoms with E-state index in [9.17, 15) is 54.3 Å². The number of carboxylic acid groups (broad SMARTS) is 1. The molecule has 0 amide bonds. The van der Waals surface area contributed by atoms with Crippen molar-refractivity contribution in [2.45, 2.75) is 238 Å². The number of carbonyl (C=O) groups excluding carboxylic acids is 5. The lowest BCUT2D eigenvalue weighted by Gasteiger charge is -2.49. The molecule has 0 radical (unpaired) electrons. The molecule has 125 heavy (non-hydrogen) atoms. The fourth-order valence-corrected chi connectivity index (χ4v) is 21.0. The van der Waals surface area contributed by atoms with E-state index in [0.29, 0.717) is 84.9 Å². The number of carboxylic acids is 1. The van der Waals surface area contributed by atoms with Crippen molar-refractivity contribution in [3.63, 3.8) is 0 Å². The first-order chi connectivity index (χ1) is 59.7. The number of rotatable bonds is 11. The van der Waals surface area contributed by atoms with Crippen molar-refractivity contribution in [1.29, 1.82) is 0 Å². The van der Waals surface area contributed by atoms with Crippen molar-refractivity contribution < 1.29 is 54.3 Å². The zero-order valence-corrected chi connectivity index (χ0v) is 73.4. The summed E-state index contributed by atoms with van der Waals surface area (Å²) in [5.41, 5.74) is 18.5. The number of allylic oxidation sites excluding steroid dienone is 5. The van der Waals surface area contributed by atoms with Gasteiger partial charge in [-0.05, 0) is 241 Å². The smallest absolute Gasteiger partial charge is 0.354 e. The Morgan fingerprint density at radius 1 is 0.352 bits per heavy atom. The highest BCUT2D eigenvalue weighted by molar-refractivity contribution is 6.14. The number of aliphatic hydroxyl groups excluding tert-OH is 2. The molecular formula is C104H116N10O11. The molecule has 0 aromatic carbocycles. The van der Waals surface area contributed by atoms with Gasteiger partial charge >= 0.3 is 5.97 Å². The number of aliphatic hydroxyl groups is 4. The van der Waals surface area contributed by atoms with Crippen LogP contribution >= 0.6 is 0 Å². The second-order valence-electron chi connectivity index (χ2n) is 39.8. The van der Waals surface area contributed by atoms with Crippen LogP contribution in [0.1, 0.15) is 272 Å². The number of Topliss-reactive ketones (excluding diaryl/α,β-unsaturated/α-hetero) is 5. The lowest BCUT2D eigenvalue weighted by atomic mass is 9.63. The molecule has 0 unspecified atom stereocenters. The Balaban J connectivity index is 0.000000115. The number of pyridine rings is 5. The molecular weight excluding hydrogens is 1570 g/mol. The van der Waals surface area contributed by atoms with Gasteiger partial charge in [0.15, 0.2) is 28.9 Å². The van der Waals surface area contributed by atoms with Crippen LogP contribution in [0, 0.1) is 88.8 Å². The molecule has 20 rings (SSSR count). The molecule has 10 fully saturated rings. The first-order valence-corrected chi connectivity index (χ1v) is 45.1. The summed E-state index contributed by atoms with van der Waals surface area (Å²) >= 11 is 0. The number of piperidine rings is 5. The average molecular weight is 1680 g/mol. The number of aromatic nitrogens is 5. The molecule has 5 N–H and O–H groups in total. The molecule has 0 atom stereocenters. The summed E-state index contributed by atoms with van der Waals surface area (Å²) in [5.74, 6) is 12.0. The molecule has 10 heterocycles. The first kappa shape index (κ1) is 87.4. The topological polar surface area (TPSA) is 284 Å². The largest absolute Gasteiger partial charge is 0.477 e. The number of fused-ring (bicyclic) bond motifs is 5. The number of ketones is 5. The van der Waals surface area contributed by atoms with E-state index in [1.54, 1.807) is 58.5 Å². The number of hydrogen-bond acceptors (Lipinski definition) is 20. The minimum absolute atomic E-state index is 0.00230.